The van der Waals surface area contributed by atoms with E-state index in [-0.39, 0.29) is 0 Å². The average molecular weight is 934 g/mol. The summed E-state index contributed by atoms with van der Waals surface area (Å²) in [6, 6.07) is 101. The molecule has 73 heavy (non-hydrogen) atoms. The van der Waals surface area contributed by atoms with Crippen LogP contribution in [0, 0.1) is 0 Å². The molecule has 0 heterocycles. The van der Waals surface area contributed by atoms with Crippen molar-refractivity contribution in [1.82, 2.24) is 0 Å². The van der Waals surface area contributed by atoms with Crippen LogP contribution in [0.2, 0.25) is 0 Å². The van der Waals surface area contributed by atoms with Crippen molar-refractivity contribution in [3.63, 3.8) is 0 Å². The highest BCUT2D eigenvalue weighted by molar-refractivity contribution is 6.05. The van der Waals surface area contributed by atoms with Gasteiger partial charge in [-0.2, -0.15) is 0 Å². The molecule has 0 saturated carbocycles. The molecular weight excluding hydrogens is 883 g/mol. The fourth-order valence-electron chi connectivity index (χ4n) is 12.7. The third kappa shape index (κ3) is 6.38. The van der Waals surface area contributed by atoms with Gasteiger partial charge in [0.05, 0.1) is 16.8 Å². The normalized spacial score (nSPS) is 13.6. The molecule has 346 valence electrons. The van der Waals surface area contributed by atoms with Gasteiger partial charge >= 0.3 is 0 Å². The number of benzene rings is 11. The first-order valence-electron chi connectivity index (χ1n) is 25.4. The van der Waals surface area contributed by atoms with E-state index in [1.165, 1.54) is 66.8 Å². The van der Waals surface area contributed by atoms with Gasteiger partial charge in [0.25, 0.3) is 0 Å². The van der Waals surface area contributed by atoms with Crippen LogP contribution in [-0.2, 0) is 10.8 Å². The Balaban J connectivity index is 1.07. The van der Waals surface area contributed by atoms with Gasteiger partial charge in [0, 0.05) is 56.4 Å². The Kier molecular flexibility index (Phi) is 9.78. The van der Waals surface area contributed by atoms with Crippen molar-refractivity contribution in [1.29, 1.82) is 0 Å². The standard InChI is InChI=1S/C70H51N3/c1-69(2)63-45-53(71(48-25-8-3-9-26-48)49-27-10-4-11-28-49)43-44-58(63)68-64(69)46-54(72(50-29-12-5-13-30-50)51-31-14-6-15-32-51)47-66(68)73(52-33-16-7-17-34-52)65-42-24-41-62-67(65)57-37-20-23-40-61(57)70(62)59-38-21-18-35-55(59)56-36-19-22-39-60(56)70/h3-47H,1-2H3. The summed E-state index contributed by atoms with van der Waals surface area (Å²) in [6.45, 7) is 4.84. The highest BCUT2D eigenvalue weighted by Crippen LogP contribution is 2.66. The molecule has 0 N–H and O–H groups in total. The van der Waals surface area contributed by atoms with Crippen LogP contribution in [0.5, 0.6) is 0 Å². The topological polar surface area (TPSA) is 9.72 Å². The highest BCUT2D eigenvalue weighted by atomic mass is 15.2. The fourth-order valence-corrected chi connectivity index (χ4v) is 12.7. The summed E-state index contributed by atoms with van der Waals surface area (Å²) in [7, 11) is 0. The zero-order chi connectivity index (χ0) is 48.7. The van der Waals surface area contributed by atoms with E-state index in [0.29, 0.717) is 0 Å². The minimum Gasteiger partial charge on any atom is -0.310 e. The van der Waals surface area contributed by atoms with Gasteiger partial charge in [-0.3, -0.25) is 0 Å². The first kappa shape index (κ1) is 42.7. The zero-order valence-corrected chi connectivity index (χ0v) is 40.8. The van der Waals surface area contributed by atoms with E-state index >= 15 is 0 Å². The maximum atomic E-state index is 2.58. The lowest BCUT2D eigenvalue weighted by atomic mass is 9.70. The summed E-state index contributed by atoms with van der Waals surface area (Å²) in [5.74, 6) is 0. The predicted octanol–water partition coefficient (Wildman–Crippen LogP) is 18.7. The number of para-hydroxylation sites is 5. The van der Waals surface area contributed by atoms with Gasteiger partial charge in [-0.05, 0) is 147 Å². The van der Waals surface area contributed by atoms with Gasteiger partial charge in [0.15, 0.2) is 0 Å². The molecule has 0 aliphatic heterocycles. The van der Waals surface area contributed by atoms with Crippen LogP contribution in [0.4, 0.5) is 51.2 Å². The van der Waals surface area contributed by atoms with Gasteiger partial charge in [0.2, 0.25) is 0 Å². The molecule has 11 aromatic carbocycles. The number of fused-ring (bicyclic) bond motifs is 13. The first-order valence-corrected chi connectivity index (χ1v) is 25.4. The van der Waals surface area contributed by atoms with Crippen LogP contribution in [0.15, 0.2) is 273 Å². The lowest BCUT2D eigenvalue weighted by molar-refractivity contribution is 0.660. The second kappa shape index (κ2) is 16.7. The minimum atomic E-state index is -0.493. The molecule has 0 amide bonds. The van der Waals surface area contributed by atoms with Crippen molar-refractivity contribution in [2.24, 2.45) is 0 Å². The SMILES string of the molecule is CC1(C)c2cc(N(c3ccccc3)c3ccccc3)ccc2-c2c(N(c3ccccc3)c3cccc4c3-c3ccccc3C43c4ccccc4-c4ccccc43)cc(N(c3ccccc3)c3ccccc3)cc21. The molecule has 3 aliphatic rings. The number of hydrogen-bond acceptors (Lipinski definition) is 3. The van der Waals surface area contributed by atoms with Crippen LogP contribution >= 0.6 is 0 Å². The Morgan fingerprint density at radius 3 is 1.11 bits per heavy atom. The van der Waals surface area contributed by atoms with E-state index in [0.717, 1.165) is 51.2 Å². The van der Waals surface area contributed by atoms with Crippen LogP contribution in [0.3, 0.4) is 0 Å². The Morgan fingerprint density at radius 2 is 0.603 bits per heavy atom. The van der Waals surface area contributed by atoms with Crippen molar-refractivity contribution in [3.05, 3.63) is 306 Å². The summed E-state index contributed by atoms with van der Waals surface area (Å²) < 4.78 is 0. The maximum Gasteiger partial charge on any atom is 0.0726 e. The van der Waals surface area contributed by atoms with Gasteiger partial charge < -0.3 is 14.7 Å². The molecule has 0 radical (unpaired) electrons. The Bertz CT molecular complexity index is 3760. The second-order valence-corrected chi connectivity index (χ2v) is 20.0. The average Bonchev–Trinajstić information content (AvgIpc) is 4.02. The molecule has 1 spiro atoms. The van der Waals surface area contributed by atoms with E-state index in [4.69, 9.17) is 0 Å². The monoisotopic (exact) mass is 933 g/mol. The zero-order valence-electron chi connectivity index (χ0n) is 40.8. The molecule has 0 atom stereocenters. The number of anilines is 9. The molecule has 0 unspecified atom stereocenters. The molecule has 11 aromatic rings. The molecular formula is C70H51N3. The van der Waals surface area contributed by atoms with Crippen molar-refractivity contribution in [3.8, 4) is 33.4 Å². The van der Waals surface area contributed by atoms with E-state index in [9.17, 15) is 0 Å². The van der Waals surface area contributed by atoms with Gasteiger partial charge in [-0.1, -0.05) is 196 Å². The molecule has 3 heteroatoms. The summed E-state index contributed by atoms with van der Waals surface area (Å²) in [5.41, 5.74) is 24.5. The highest BCUT2D eigenvalue weighted by Gasteiger charge is 2.52. The van der Waals surface area contributed by atoms with E-state index in [1.54, 1.807) is 0 Å². The van der Waals surface area contributed by atoms with E-state index < -0.39 is 10.8 Å². The third-order valence-electron chi connectivity index (χ3n) is 15.8. The third-order valence-corrected chi connectivity index (χ3v) is 15.8. The van der Waals surface area contributed by atoms with Crippen LogP contribution in [0.1, 0.15) is 47.2 Å². The molecule has 3 aliphatic carbocycles. The summed E-state index contributed by atoms with van der Waals surface area (Å²) in [5, 5.41) is 0. The Hall–Kier alpha value is -9.18. The quantitative estimate of drug-likeness (QED) is 0.143. The lowest BCUT2D eigenvalue weighted by Gasteiger charge is -2.34. The van der Waals surface area contributed by atoms with Crippen molar-refractivity contribution in [2.45, 2.75) is 24.7 Å². The minimum absolute atomic E-state index is 0.404. The van der Waals surface area contributed by atoms with Crippen LogP contribution in [-0.4, -0.2) is 0 Å². The maximum absolute atomic E-state index is 2.58. The van der Waals surface area contributed by atoms with Crippen molar-refractivity contribution >= 4 is 51.2 Å². The molecule has 3 nitrogen and oxygen atoms in total. The smallest absolute Gasteiger partial charge is 0.0726 e. The van der Waals surface area contributed by atoms with Crippen molar-refractivity contribution in [2.75, 3.05) is 14.7 Å². The lowest BCUT2D eigenvalue weighted by Crippen LogP contribution is -2.26. The van der Waals surface area contributed by atoms with Gasteiger partial charge in [0.1, 0.15) is 0 Å². The number of rotatable bonds is 9. The molecule has 14 rings (SSSR count). The van der Waals surface area contributed by atoms with Gasteiger partial charge in [-0.15, -0.1) is 0 Å². The van der Waals surface area contributed by atoms with E-state index in [1.807, 2.05) is 0 Å². The fraction of sp³-hybridized carbons (Fsp3) is 0.0571. The summed E-state index contributed by atoms with van der Waals surface area (Å²) >= 11 is 0. The number of nitrogens with zero attached hydrogens (tertiary/aromatic N) is 3. The van der Waals surface area contributed by atoms with Gasteiger partial charge in [-0.25, -0.2) is 0 Å². The van der Waals surface area contributed by atoms with Crippen molar-refractivity contribution < 1.29 is 0 Å². The Morgan fingerprint density at radius 1 is 0.233 bits per heavy atom. The first-order chi connectivity index (χ1) is 36.0. The molecule has 0 aromatic heterocycles. The molecule has 0 bridgehead atoms. The summed E-state index contributed by atoms with van der Waals surface area (Å²) in [4.78, 5) is 7.39. The predicted molar refractivity (Wildman–Crippen MR) is 304 cm³/mol. The summed E-state index contributed by atoms with van der Waals surface area (Å²) in [6.07, 6.45) is 0. The molecule has 0 fully saturated rings. The number of hydrogen-bond donors (Lipinski definition) is 0. The van der Waals surface area contributed by atoms with Crippen LogP contribution < -0.4 is 14.7 Å². The Labute approximate surface area is 428 Å². The van der Waals surface area contributed by atoms with E-state index in [2.05, 4.69) is 302 Å². The largest absolute Gasteiger partial charge is 0.310 e. The molecule has 0 saturated heterocycles. The van der Waals surface area contributed by atoms with Crippen LogP contribution in [0.25, 0.3) is 33.4 Å². The second-order valence-electron chi connectivity index (χ2n) is 20.0.